The van der Waals surface area contributed by atoms with Gasteiger partial charge < -0.3 is 15.8 Å². The Bertz CT molecular complexity index is 723. The van der Waals surface area contributed by atoms with Gasteiger partial charge in [-0.1, -0.05) is 44.2 Å². The van der Waals surface area contributed by atoms with Crippen LogP contribution in [-0.2, 0) is 4.79 Å². The third-order valence-electron chi connectivity index (χ3n) is 4.57. The molecular formula is C21H26N2O3. The summed E-state index contributed by atoms with van der Waals surface area (Å²) in [5.41, 5.74) is 6.99. The Morgan fingerprint density at radius 3 is 2.12 bits per heavy atom. The number of nitrogens with one attached hydrogen (secondary N) is 1. The Balaban J connectivity index is 1.86. The van der Waals surface area contributed by atoms with Gasteiger partial charge in [0.2, 0.25) is 0 Å². The summed E-state index contributed by atoms with van der Waals surface area (Å²) in [6.07, 6.45) is 1.59. The van der Waals surface area contributed by atoms with E-state index in [4.69, 9.17) is 10.5 Å². The molecule has 0 spiro atoms. The van der Waals surface area contributed by atoms with Crippen molar-refractivity contribution in [1.29, 1.82) is 0 Å². The Hall–Kier alpha value is -2.66. The van der Waals surface area contributed by atoms with Crippen LogP contribution >= 0.6 is 0 Å². The molecule has 0 bridgehead atoms. The summed E-state index contributed by atoms with van der Waals surface area (Å²) in [7, 11) is 0. The average Bonchev–Trinajstić information content (AvgIpc) is 2.71. The number of ether oxygens (including phenoxy) is 1. The highest BCUT2D eigenvalue weighted by Crippen LogP contribution is 2.15. The number of amides is 1. The van der Waals surface area contributed by atoms with Gasteiger partial charge in [-0.15, -0.1) is 0 Å². The predicted octanol–water partition coefficient (Wildman–Crippen LogP) is 2.93. The maximum absolute atomic E-state index is 12.3. The molecule has 26 heavy (non-hydrogen) atoms. The molecule has 1 amide bonds. The molecule has 0 atom stereocenters. The van der Waals surface area contributed by atoms with Gasteiger partial charge in [0, 0.05) is 23.2 Å². The molecule has 0 unspecified atom stereocenters. The first-order valence-corrected chi connectivity index (χ1v) is 8.85. The van der Waals surface area contributed by atoms with E-state index >= 15 is 0 Å². The van der Waals surface area contributed by atoms with E-state index in [1.165, 1.54) is 0 Å². The van der Waals surface area contributed by atoms with E-state index in [1.54, 1.807) is 36.4 Å². The molecule has 0 saturated carbocycles. The summed E-state index contributed by atoms with van der Waals surface area (Å²) >= 11 is 0. The first kappa shape index (κ1) is 19.7. The number of carbonyl (C=O) groups is 2. The van der Waals surface area contributed by atoms with Crippen LogP contribution in [0.5, 0.6) is 5.75 Å². The molecular weight excluding hydrogens is 328 g/mol. The van der Waals surface area contributed by atoms with Gasteiger partial charge in [-0.2, -0.15) is 0 Å². The maximum atomic E-state index is 12.3. The largest absolute Gasteiger partial charge is 0.484 e. The fraction of sp³-hybridized carbons (Fsp3) is 0.333. The highest BCUT2D eigenvalue weighted by Gasteiger charge is 2.20. The van der Waals surface area contributed by atoms with Gasteiger partial charge in [0.05, 0.1) is 0 Å². The van der Waals surface area contributed by atoms with Crippen LogP contribution in [0.4, 0.5) is 0 Å². The quantitative estimate of drug-likeness (QED) is 0.679. The van der Waals surface area contributed by atoms with Crippen molar-refractivity contribution in [2.24, 2.45) is 5.73 Å². The summed E-state index contributed by atoms with van der Waals surface area (Å²) in [6.45, 7) is 4.34. The minimum atomic E-state index is -0.380. The van der Waals surface area contributed by atoms with E-state index in [9.17, 15) is 9.59 Å². The molecule has 0 aliphatic heterocycles. The van der Waals surface area contributed by atoms with Crippen LogP contribution in [0, 0.1) is 0 Å². The van der Waals surface area contributed by atoms with Gasteiger partial charge in [0.25, 0.3) is 5.91 Å². The van der Waals surface area contributed by atoms with E-state index in [0.29, 0.717) is 23.4 Å². The Morgan fingerprint density at radius 1 is 0.962 bits per heavy atom. The average molecular weight is 354 g/mol. The highest BCUT2D eigenvalue weighted by molar-refractivity contribution is 6.08. The topological polar surface area (TPSA) is 81.4 Å². The Labute approximate surface area is 154 Å². The first-order valence-electron chi connectivity index (χ1n) is 8.85. The van der Waals surface area contributed by atoms with Crippen LogP contribution in [0.2, 0.25) is 0 Å². The van der Waals surface area contributed by atoms with Crippen LogP contribution in [0.25, 0.3) is 0 Å². The molecule has 0 saturated heterocycles. The van der Waals surface area contributed by atoms with Crippen molar-refractivity contribution in [3.8, 4) is 5.75 Å². The van der Waals surface area contributed by atoms with Gasteiger partial charge >= 0.3 is 0 Å². The van der Waals surface area contributed by atoms with E-state index in [-0.39, 0.29) is 23.8 Å². The lowest BCUT2D eigenvalue weighted by Crippen LogP contribution is -2.50. The number of nitrogens with two attached hydrogens (primary N) is 1. The van der Waals surface area contributed by atoms with Gasteiger partial charge in [0.1, 0.15) is 5.75 Å². The van der Waals surface area contributed by atoms with Crippen molar-refractivity contribution in [2.45, 2.75) is 32.2 Å². The summed E-state index contributed by atoms with van der Waals surface area (Å²) < 4.78 is 5.48. The van der Waals surface area contributed by atoms with E-state index in [2.05, 4.69) is 5.32 Å². The second-order valence-electron chi connectivity index (χ2n) is 6.35. The fourth-order valence-electron chi connectivity index (χ4n) is 2.43. The molecule has 3 N–H and O–H groups in total. The molecule has 5 nitrogen and oxygen atoms in total. The van der Waals surface area contributed by atoms with Crippen molar-refractivity contribution in [1.82, 2.24) is 5.32 Å². The molecule has 138 valence electrons. The van der Waals surface area contributed by atoms with Gasteiger partial charge in [-0.3, -0.25) is 9.59 Å². The molecule has 2 aromatic carbocycles. The standard InChI is InChI=1S/C21H26N2O3/c1-3-21(22,4-2)15-23-19(24)14-26-18-12-10-17(11-13-18)20(25)16-8-6-5-7-9-16/h5-13H,3-4,14-15,22H2,1-2H3,(H,23,24). The van der Waals surface area contributed by atoms with Gasteiger partial charge in [-0.05, 0) is 37.1 Å². The summed E-state index contributed by atoms with van der Waals surface area (Å²) in [6, 6.07) is 15.9. The number of carbonyl (C=O) groups excluding carboxylic acids is 2. The van der Waals surface area contributed by atoms with Crippen molar-refractivity contribution in [2.75, 3.05) is 13.2 Å². The number of hydrogen-bond donors (Lipinski definition) is 2. The molecule has 0 heterocycles. The smallest absolute Gasteiger partial charge is 0.258 e. The zero-order valence-corrected chi connectivity index (χ0v) is 15.3. The number of benzene rings is 2. The van der Waals surface area contributed by atoms with E-state index in [0.717, 1.165) is 12.8 Å². The van der Waals surface area contributed by atoms with Crippen LogP contribution in [0.15, 0.2) is 54.6 Å². The Morgan fingerprint density at radius 2 is 1.54 bits per heavy atom. The van der Waals surface area contributed by atoms with Crippen molar-refractivity contribution < 1.29 is 14.3 Å². The molecule has 0 aliphatic rings. The minimum absolute atomic E-state index is 0.0479. The number of hydrogen-bond acceptors (Lipinski definition) is 4. The van der Waals surface area contributed by atoms with E-state index in [1.807, 2.05) is 32.0 Å². The van der Waals surface area contributed by atoms with Crippen LogP contribution in [0.3, 0.4) is 0 Å². The SMILES string of the molecule is CCC(N)(CC)CNC(=O)COc1ccc(C(=O)c2ccccc2)cc1. The van der Waals surface area contributed by atoms with Gasteiger partial charge in [-0.25, -0.2) is 0 Å². The highest BCUT2D eigenvalue weighted by atomic mass is 16.5. The van der Waals surface area contributed by atoms with Crippen molar-refractivity contribution >= 4 is 11.7 Å². The molecule has 2 aromatic rings. The van der Waals surface area contributed by atoms with Crippen molar-refractivity contribution in [3.63, 3.8) is 0 Å². The predicted molar refractivity (Wildman–Crippen MR) is 102 cm³/mol. The molecule has 0 radical (unpaired) electrons. The van der Waals surface area contributed by atoms with Crippen LogP contribution in [-0.4, -0.2) is 30.4 Å². The normalized spacial score (nSPS) is 11.0. The first-order chi connectivity index (χ1) is 12.5. The number of rotatable bonds is 9. The molecule has 2 rings (SSSR count). The second-order valence-corrected chi connectivity index (χ2v) is 6.35. The fourth-order valence-corrected chi connectivity index (χ4v) is 2.43. The zero-order chi connectivity index (χ0) is 19.0. The third-order valence-corrected chi connectivity index (χ3v) is 4.57. The molecule has 5 heteroatoms. The lowest BCUT2D eigenvalue weighted by atomic mass is 9.94. The molecule has 0 aromatic heterocycles. The van der Waals surface area contributed by atoms with Crippen LogP contribution < -0.4 is 15.8 Å². The van der Waals surface area contributed by atoms with Crippen molar-refractivity contribution in [3.05, 3.63) is 65.7 Å². The lowest BCUT2D eigenvalue weighted by Gasteiger charge is -2.26. The molecule has 0 aliphatic carbocycles. The monoisotopic (exact) mass is 354 g/mol. The number of ketones is 1. The Kier molecular flexibility index (Phi) is 6.92. The maximum Gasteiger partial charge on any atom is 0.258 e. The lowest BCUT2D eigenvalue weighted by molar-refractivity contribution is -0.123. The molecule has 0 fully saturated rings. The van der Waals surface area contributed by atoms with E-state index < -0.39 is 0 Å². The second kappa shape index (κ2) is 9.15. The van der Waals surface area contributed by atoms with Gasteiger partial charge in [0.15, 0.2) is 12.4 Å². The zero-order valence-electron chi connectivity index (χ0n) is 15.3. The summed E-state index contributed by atoms with van der Waals surface area (Å²) in [5.74, 6) is 0.272. The minimum Gasteiger partial charge on any atom is -0.484 e. The van der Waals surface area contributed by atoms with Crippen LogP contribution in [0.1, 0.15) is 42.6 Å². The summed E-state index contributed by atoms with van der Waals surface area (Å²) in [4.78, 5) is 24.3. The summed E-state index contributed by atoms with van der Waals surface area (Å²) in [5, 5.41) is 2.80. The third kappa shape index (κ3) is 5.43.